The van der Waals surface area contributed by atoms with Crippen LogP contribution in [-0.2, 0) is 0 Å². The van der Waals surface area contributed by atoms with Gasteiger partial charge in [-0.05, 0) is 45.4 Å². The van der Waals surface area contributed by atoms with Gasteiger partial charge in [-0.3, -0.25) is 4.90 Å². The third-order valence-electron chi connectivity index (χ3n) is 4.74. The minimum atomic E-state index is -0.125. The lowest BCUT2D eigenvalue weighted by Crippen LogP contribution is -2.49. The van der Waals surface area contributed by atoms with E-state index in [0.29, 0.717) is 6.04 Å². The summed E-state index contributed by atoms with van der Waals surface area (Å²) in [6.07, 6.45) is 6.30. The van der Waals surface area contributed by atoms with Crippen LogP contribution in [-0.4, -0.2) is 64.6 Å². The molecule has 1 atom stereocenters. The molecule has 3 heterocycles. The first-order valence-electron chi connectivity index (χ1n) is 8.22. The quantitative estimate of drug-likeness (QED) is 0.678. The van der Waals surface area contributed by atoms with Gasteiger partial charge in [0.2, 0.25) is 0 Å². The lowest BCUT2D eigenvalue weighted by atomic mass is 9.99. The molecule has 0 unspecified atom stereocenters. The van der Waals surface area contributed by atoms with Crippen molar-refractivity contribution in [2.24, 2.45) is 0 Å². The molecule has 5 nitrogen and oxygen atoms in total. The van der Waals surface area contributed by atoms with Crippen molar-refractivity contribution in [1.29, 1.82) is 0 Å². The van der Waals surface area contributed by atoms with Gasteiger partial charge in [0.05, 0.1) is 6.10 Å². The van der Waals surface area contributed by atoms with Crippen LogP contribution >= 0.6 is 11.8 Å². The lowest BCUT2D eigenvalue weighted by molar-refractivity contribution is 0.0398. The summed E-state index contributed by atoms with van der Waals surface area (Å²) in [6.45, 7) is 6.12. The van der Waals surface area contributed by atoms with E-state index in [0.717, 1.165) is 68.5 Å². The number of anilines is 1. The highest BCUT2D eigenvalue weighted by atomic mass is 32.2. The summed E-state index contributed by atoms with van der Waals surface area (Å²) in [7, 11) is 0. The van der Waals surface area contributed by atoms with Crippen LogP contribution in [0.3, 0.4) is 0 Å². The van der Waals surface area contributed by atoms with Crippen LogP contribution in [0.4, 0.5) is 5.82 Å². The van der Waals surface area contributed by atoms with Crippen LogP contribution in [0, 0.1) is 6.92 Å². The van der Waals surface area contributed by atoms with Gasteiger partial charge in [-0.2, -0.15) is 0 Å². The second kappa shape index (κ2) is 7.15. The van der Waals surface area contributed by atoms with Crippen molar-refractivity contribution in [3.63, 3.8) is 0 Å². The molecule has 0 bridgehead atoms. The van der Waals surface area contributed by atoms with Crippen LogP contribution in [0.5, 0.6) is 0 Å². The fraction of sp³-hybridized carbons (Fsp3) is 0.750. The molecule has 1 N–H and O–H groups in total. The van der Waals surface area contributed by atoms with Crippen molar-refractivity contribution in [3.05, 3.63) is 11.8 Å². The lowest BCUT2D eigenvalue weighted by Gasteiger charge is -2.41. The second-order valence-corrected chi connectivity index (χ2v) is 7.14. The molecule has 0 amide bonds. The van der Waals surface area contributed by atoms with E-state index in [9.17, 15) is 5.11 Å². The van der Waals surface area contributed by atoms with Gasteiger partial charge in [-0.15, -0.1) is 0 Å². The fourth-order valence-electron chi connectivity index (χ4n) is 3.55. The normalized spacial score (nSPS) is 24.7. The highest BCUT2D eigenvalue weighted by molar-refractivity contribution is 7.98. The predicted molar refractivity (Wildman–Crippen MR) is 90.6 cm³/mol. The van der Waals surface area contributed by atoms with Gasteiger partial charge in [0.15, 0.2) is 5.16 Å². The van der Waals surface area contributed by atoms with Gasteiger partial charge in [-0.1, -0.05) is 11.8 Å². The molecule has 0 aromatic carbocycles. The molecule has 22 heavy (non-hydrogen) atoms. The smallest absolute Gasteiger partial charge is 0.189 e. The number of likely N-dealkylation sites (tertiary alicyclic amines) is 1. The Hall–Kier alpha value is -0.850. The molecule has 0 radical (unpaired) electrons. The maximum Gasteiger partial charge on any atom is 0.189 e. The monoisotopic (exact) mass is 322 g/mol. The fourth-order valence-corrected chi connectivity index (χ4v) is 3.97. The van der Waals surface area contributed by atoms with Crippen molar-refractivity contribution in [2.75, 3.05) is 37.3 Å². The number of rotatable bonds is 3. The maximum atomic E-state index is 9.86. The minimum Gasteiger partial charge on any atom is -0.392 e. The van der Waals surface area contributed by atoms with Crippen molar-refractivity contribution in [3.8, 4) is 0 Å². The number of hydrogen-bond acceptors (Lipinski definition) is 6. The summed E-state index contributed by atoms with van der Waals surface area (Å²) in [5.41, 5.74) is 1.04. The average molecular weight is 322 g/mol. The van der Waals surface area contributed by atoms with Gasteiger partial charge < -0.3 is 10.0 Å². The molecule has 3 rings (SSSR count). The van der Waals surface area contributed by atoms with E-state index < -0.39 is 0 Å². The third kappa shape index (κ3) is 3.73. The van der Waals surface area contributed by atoms with Crippen LogP contribution in [0.2, 0.25) is 0 Å². The average Bonchev–Trinajstić information content (AvgIpc) is 2.54. The van der Waals surface area contributed by atoms with Crippen LogP contribution in [0.1, 0.15) is 31.4 Å². The zero-order valence-corrected chi connectivity index (χ0v) is 14.3. The Morgan fingerprint density at radius 2 is 1.95 bits per heavy atom. The SMILES string of the molecule is CSc1nc(C)cc(N2CCC(N3CCC[C@@H](O)C3)CC2)n1. The number of aryl methyl sites for hydroxylation is 1. The molecule has 122 valence electrons. The molecule has 0 spiro atoms. The number of aliphatic hydroxyl groups is 1. The largest absolute Gasteiger partial charge is 0.392 e. The van der Waals surface area contributed by atoms with E-state index in [1.807, 2.05) is 13.2 Å². The number of aliphatic hydroxyl groups excluding tert-OH is 1. The van der Waals surface area contributed by atoms with Crippen molar-refractivity contribution >= 4 is 17.6 Å². The molecule has 0 saturated carbocycles. The molecule has 2 saturated heterocycles. The van der Waals surface area contributed by atoms with E-state index in [-0.39, 0.29) is 6.10 Å². The molecule has 0 aliphatic carbocycles. The second-order valence-electron chi connectivity index (χ2n) is 6.36. The Kier molecular flexibility index (Phi) is 5.21. The Balaban J connectivity index is 1.60. The van der Waals surface area contributed by atoms with Crippen molar-refractivity contribution in [1.82, 2.24) is 14.9 Å². The van der Waals surface area contributed by atoms with Gasteiger partial charge in [0.25, 0.3) is 0 Å². The molecule has 2 aliphatic rings. The van der Waals surface area contributed by atoms with E-state index in [1.54, 1.807) is 11.8 Å². The summed E-state index contributed by atoms with van der Waals surface area (Å²) >= 11 is 1.60. The van der Waals surface area contributed by atoms with Gasteiger partial charge >= 0.3 is 0 Å². The highest BCUT2D eigenvalue weighted by Gasteiger charge is 2.28. The summed E-state index contributed by atoms with van der Waals surface area (Å²) in [4.78, 5) is 14.0. The van der Waals surface area contributed by atoms with E-state index in [1.165, 1.54) is 0 Å². The summed E-state index contributed by atoms with van der Waals surface area (Å²) in [5, 5.41) is 10.7. The first kappa shape index (κ1) is 16.0. The molecule has 2 fully saturated rings. The number of aromatic nitrogens is 2. The standard InChI is InChI=1S/C16H26N4OS/c1-12-10-15(18-16(17-12)22-2)19-8-5-13(6-9-19)20-7-3-4-14(21)11-20/h10,13-14,21H,3-9,11H2,1-2H3/t14-/m1/s1. The number of piperidine rings is 2. The first-order chi connectivity index (χ1) is 10.7. The molecule has 6 heteroatoms. The highest BCUT2D eigenvalue weighted by Crippen LogP contribution is 2.25. The van der Waals surface area contributed by atoms with Crippen molar-refractivity contribution in [2.45, 2.75) is 49.9 Å². The minimum absolute atomic E-state index is 0.125. The Labute approximate surface area is 137 Å². The maximum absolute atomic E-state index is 9.86. The zero-order valence-electron chi connectivity index (χ0n) is 13.5. The molecule has 1 aromatic rings. The Bertz CT molecular complexity index is 505. The Morgan fingerprint density at radius 1 is 1.18 bits per heavy atom. The first-order valence-corrected chi connectivity index (χ1v) is 9.45. The third-order valence-corrected chi connectivity index (χ3v) is 5.28. The Morgan fingerprint density at radius 3 is 2.64 bits per heavy atom. The van der Waals surface area contributed by atoms with Crippen LogP contribution < -0.4 is 4.90 Å². The predicted octanol–water partition coefficient (Wildman–Crippen LogP) is 1.93. The molecule has 1 aromatic heterocycles. The summed E-state index contributed by atoms with van der Waals surface area (Å²) in [5.74, 6) is 1.06. The van der Waals surface area contributed by atoms with Gasteiger partial charge in [0, 0.05) is 37.4 Å². The van der Waals surface area contributed by atoms with Gasteiger partial charge in [0.1, 0.15) is 5.82 Å². The van der Waals surface area contributed by atoms with Crippen LogP contribution in [0.25, 0.3) is 0 Å². The number of thioether (sulfide) groups is 1. The van der Waals surface area contributed by atoms with Crippen LogP contribution in [0.15, 0.2) is 11.2 Å². The number of hydrogen-bond donors (Lipinski definition) is 1. The number of nitrogens with zero attached hydrogens (tertiary/aromatic N) is 4. The van der Waals surface area contributed by atoms with E-state index in [2.05, 4.69) is 25.8 Å². The summed E-state index contributed by atoms with van der Waals surface area (Å²) < 4.78 is 0. The topological polar surface area (TPSA) is 52.5 Å². The van der Waals surface area contributed by atoms with Gasteiger partial charge in [-0.25, -0.2) is 9.97 Å². The molecular weight excluding hydrogens is 296 g/mol. The number of β-amino-alcohol motifs (C(OH)–C–C–N with tert-alkyl or cyclic N) is 1. The van der Waals surface area contributed by atoms with Crippen molar-refractivity contribution < 1.29 is 5.11 Å². The summed E-state index contributed by atoms with van der Waals surface area (Å²) in [6, 6.07) is 2.71. The zero-order chi connectivity index (χ0) is 15.5. The molecule has 2 aliphatic heterocycles. The van der Waals surface area contributed by atoms with E-state index >= 15 is 0 Å². The molecular formula is C16H26N4OS. The van der Waals surface area contributed by atoms with E-state index in [4.69, 9.17) is 0 Å².